The van der Waals surface area contributed by atoms with E-state index in [0.717, 1.165) is 39.6 Å². The molecule has 2 heterocycles. The third-order valence-electron chi connectivity index (χ3n) is 2.86. The van der Waals surface area contributed by atoms with Crippen LogP contribution in [0.25, 0.3) is 10.9 Å². The number of thiazole rings is 1. The number of fused-ring (bicyclic) bond motifs is 1. The number of nitrogens with one attached hydrogen (secondary N) is 2. The Kier molecular flexibility index (Phi) is 3.72. The zero-order valence-corrected chi connectivity index (χ0v) is 12.4. The first-order valence-corrected chi connectivity index (χ1v) is 7.64. The number of benzene rings is 1. The van der Waals surface area contributed by atoms with Crippen molar-refractivity contribution < 1.29 is 13.2 Å². The largest absolute Gasteiger partial charge is 0.434 e. The van der Waals surface area contributed by atoms with E-state index in [0.29, 0.717) is 11.3 Å². The fraction of sp³-hybridized carbons (Fsp3) is 0.0769. The van der Waals surface area contributed by atoms with Crippen LogP contribution < -0.4 is 4.72 Å². The predicted molar refractivity (Wildman–Crippen MR) is 79.6 cm³/mol. The third kappa shape index (κ3) is 2.75. The van der Waals surface area contributed by atoms with Crippen molar-refractivity contribution in [2.75, 3.05) is 4.72 Å². The molecule has 0 unspecified atom stereocenters. The number of aromatic amines is 1. The Balaban J connectivity index is 1.81. The highest BCUT2D eigenvalue weighted by molar-refractivity contribution is 8.02. The molecule has 1 aromatic carbocycles. The van der Waals surface area contributed by atoms with Crippen molar-refractivity contribution in [3.05, 3.63) is 41.0 Å². The maximum absolute atomic E-state index is 12.5. The van der Waals surface area contributed by atoms with Crippen LogP contribution in [0.5, 0.6) is 0 Å². The summed E-state index contributed by atoms with van der Waals surface area (Å²) >= 11 is 1.91. The minimum absolute atomic E-state index is 0.261. The van der Waals surface area contributed by atoms with E-state index in [2.05, 4.69) is 20.8 Å². The molecular formula is C13H7F3N4S2. The quantitative estimate of drug-likeness (QED) is 0.682. The molecule has 4 nitrogen and oxygen atoms in total. The summed E-state index contributed by atoms with van der Waals surface area (Å²) in [5.41, 5.74) is 1.01. The lowest BCUT2D eigenvalue weighted by molar-refractivity contribution is -0.141. The van der Waals surface area contributed by atoms with Crippen LogP contribution in [0.3, 0.4) is 0 Å². The number of para-hydroxylation sites is 1. The summed E-state index contributed by atoms with van der Waals surface area (Å²) in [5, 5.41) is 10.7. The van der Waals surface area contributed by atoms with E-state index in [1.54, 1.807) is 24.4 Å². The minimum atomic E-state index is -4.43. The predicted octanol–water partition coefficient (Wildman–Crippen LogP) is 4.63. The van der Waals surface area contributed by atoms with Gasteiger partial charge in [0.15, 0.2) is 10.0 Å². The van der Waals surface area contributed by atoms with Crippen LogP contribution in [0.2, 0.25) is 0 Å². The molecule has 0 saturated heterocycles. The van der Waals surface area contributed by atoms with Gasteiger partial charge < -0.3 is 9.71 Å². The zero-order valence-electron chi connectivity index (χ0n) is 10.7. The Labute approximate surface area is 131 Å². The Morgan fingerprint density at radius 1 is 1.36 bits per heavy atom. The van der Waals surface area contributed by atoms with Crippen LogP contribution >= 0.6 is 23.3 Å². The number of aromatic nitrogens is 2. The number of rotatable bonds is 3. The molecule has 0 saturated carbocycles. The number of anilines is 1. The summed E-state index contributed by atoms with van der Waals surface area (Å²) in [6.07, 6.45) is -2.85. The monoisotopic (exact) mass is 340 g/mol. The van der Waals surface area contributed by atoms with Crippen LogP contribution in [0.1, 0.15) is 11.3 Å². The van der Waals surface area contributed by atoms with E-state index in [4.69, 9.17) is 5.26 Å². The molecule has 0 amide bonds. The number of nitriles is 1. The molecule has 0 aliphatic rings. The summed E-state index contributed by atoms with van der Waals surface area (Å²) in [6.45, 7) is 0. The third-order valence-corrected chi connectivity index (χ3v) is 4.62. The van der Waals surface area contributed by atoms with Crippen LogP contribution in [0.4, 0.5) is 18.9 Å². The highest BCUT2D eigenvalue weighted by Crippen LogP contribution is 2.34. The second-order valence-corrected chi connectivity index (χ2v) is 6.15. The topological polar surface area (TPSA) is 64.5 Å². The normalized spacial score (nSPS) is 11.5. The van der Waals surface area contributed by atoms with Gasteiger partial charge in [-0.1, -0.05) is 12.1 Å². The summed E-state index contributed by atoms with van der Waals surface area (Å²) in [5.74, 6) is 0. The molecule has 112 valence electrons. The van der Waals surface area contributed by atoms with E-state index in [1.807, 2.05) is 0 Å². The standard InChI is InChI=1S/C13H7F3N4S2/c14-13(15,16)10-6-21-12(19-10)22-20-9-3-1-2-8-7(4-17)5-18-11(8)9/h1-3,5-6,18,20H. The lowest BCUT2D eigenvalue weighted by Crippen LogP contribution is -2.04. The van der Waals surface area contributed by atoms with E-state index in [9.17, 15) is 13.2 Å². The fourth-order valence-corrected chi connectivity index (χ4v) is 3.39. The van der Waals surface area contributed by atoms with Crippen molar-refractivity contribution in [2.45, 2.75) is 10.5 Å². The maximum Gasteiger partial charge on any atom is 0.434 e. The van der Waals surface area contributed by atoms with Gasteiger partial charge in [0.2, 0.25) is 0 Å². The summed E-state index contributed by atoms with van der Waals surface area (Å²) in [4.78, 5) is 6.51. The molecule has 3 aromatic rings. The molecule has 0 fully saturated rings. The molecule has 0 spiro atoms. The van der Waals surface area contributed by atoms with Crippen molar-refractivity contribution >= 4 is 39.9 Å². The Morgan fingerprint density at radius 2 is 2.18 bits per heavy atom. The van der Waals surface area contributed by atoms with E-state index in [1.165, 1.54) is 0 Å². The molecule has 9 heteroatoms. The number of hydrogen-bond donors (Lipinski definition) is 2. The minimum Gasteiger partial charge on any atom is -0.358 e. The smallest absolute Gasteiger partial charge is 0.358 e. The number of nitrogens with zero attached hydrogens (tertiary/aromatic N) is 2. The molecule has 0 aliphatic carbocycles. The fourth-order valence-electron chi connectivity index (χ4n) is 1.86. The first-order valence-electron chi connectivity index (χ1n) is 5.95. The van der Waals surface area contributed by atoms with Gasteiger partial charge in [0.1, 0.15) is 6.07 Å². The van der Waals surface area contributed by atoms with Gasteiger partial charge in [-0.05, 0) is 6.07 Å². The van der Waals surface area contributed by atoms with Crippen molar-refractivity contribution in [3.8, 4) is 6.07 Å². The molecule has 0 aliphatic heterocycles. The molecular weight excluding hydrogens is 333 g/mol. The maximum atomic E-state index is 12.5. The zero-order chi connectivity index (χ0) is 15.7. The average Bonchev–Trinajstić information content (AvgIpc) is 3.11. The van der Waals surface area contributed by atoms with E-state index >= 15 is 0 Å². The van der Waals surface area contributed by atoms with Gasteiger partial charge in [-0.3, -0.25) is 0 Å². The first kappa shape index (κ1) is 14.7. The molecule has 22 heavy (non-hydrogen) atoms. The molecule has 0 atom stereocenters. The Morgan fingerprint density at radius 3 is 2.86 bits per heavy atom. The molecule has 3 rings (SSSR count). The van der Waals surface area contributed by atoms with Crippen molar-refractivity contribution in [2.24, 2.45) is 0 Å². The summed E-state index contributed by atoms with van der Waals surface area (Å²) in [7, 11) is 0. The van der Waals surface area contributed by atoms with Crippen LogP contribution in [-0.2, 0) is 6.18 Å². The first-order chi connectivity index (χ1) is 10.5. The van der Waals surface area contributed by atoms with Crippen molar-refractivity contribution in [1.82, 2.24) is 9.97 Å². The molecule has 0 radical (unpaired) electrons. The van der Waals surface area contributed by atoms with Gasteiger partial charge in [0.25, 0.3) is 0 Å². The number of H-pyrrole nitrogens is 1. The highest BCUT2D eigenvalue weighted by Gasteiger charge is 2.33. The lowest BCUT2D eigenvalue weighted by atomic mass is 10.2. The number of alkyl halides is 3. The van der Waals surface area contributed by atoms with Gasteiger partial charge in [0.05, 0.1) is 16.8 Å². The van der Waals surface area contributed by atoms with Gasteiger partial charge in [-0.2, -0.15) is 18.4 Å². The van der Waals surface area contributed by atoms with Gasteiger partial charge >= 0.3 is 6.18 Å². The molecule has 2 N–H and O–H groups in total. The van der Waals surface area contributed by atoms with E-state index < -0.39 is 11.9 Å². The SMILES string of the molecule is N#Cc1c[nH]c2c(NSc3nc(C(F)(F)F)cs3)cccc12. The Bertz CT molecular complexity index is 860. The highest BCUT2D eigenvalue weighted by atomic mass is 32.2. The second-order valence-electron chi connectivity index (χ2n) is 4.24. The average molecular weight is 340 g/mol. The second kappa shape index (κ2) is 5.55. The van der Waals surface area contributed by atoms with Crippen molar-refractivity contribution in [3.63, 3.8) is 0 Å². The number of hydrogen-bond acceptors (Lipinski definition) is 5. The van der Waals surface area contributed by atoms with Gasteiger partial charge in [-0.15, -0.1) is 11.3 Å². The van der Waals surface area contributed by atoms with Crippen LogP contribution in [0, 0.1) is 11.3 Å². The van der Waals surface area contributed by atoms with Gasteiger partial charge in [-0.25, -0.2) is 4.98 Å². The number of halogens is 3. The Hall–Kier alpha value is -2.18. The summed E-state index contributed by atoms with van der Waals surface area (Å²) in [6, 6.07) is 7.40. The van der Waals surface area contributed by atoms with E-state index in [-0.39, 0.29) is 4.34 Å². The summed E-state index contributed by atoms with van der Waals surface area (Å²) < 4.78 is 40.7. The van der Waals surface area contributed by atoms with Crippen molar-refractivity contribution in [1.29, 1.82) is 5.26 Å². The lowest BCUT2D eigenvalue weighted by Gasteiger charge is -2.04. The van der Waals surface area contributed by atoms with Crippen LogP contribution in [-0.4, -0.2) is 9.97 Å². The molecule has 2 aromatic heterocycles. The molecule has 0 bridgehead atoms. The van der Waals surface area contributed by atoms with Gasteiger partial charge in [0, 0.05) is 28.9 Å². The van der Waals surface area contributed by atoms with Crippen LogP contribution in [0.15, 0.2) is 34.1 Å².